The van der Waals surface area contributed by atoms with Crippen LogP contribution in [0.2, 0.25) is 0 Å². The minimum atomic E-state index is 0.0479. The number of rotatable bonds is 8. The summed E-state index contributed by atoms with van der Waals surface area (Å²) < 4.78 is 4.95. The van der Waals surface area contributed by atoms with Gasteiger partial charge in [-0.1, -0.05) is 6.07 Å². The standard InChI is InChI=1S/C19H32N6O2/c1-4-20-19(23-14-17-16(2)6-5-7-21-17)25-11-9-24(10-12-25)15-18(26)22-8-13-27-3/h5-7H,4,8-15H2,1-3H3,(H,20,23)(H,22,26). The summed E-state index contributed by atoms with van der Waals surface area (Å²) in [7, 11) is 1.63. The lowest BCUT2D eigenvalue weighted by Crippen LogP contribution is -2.54. The molecule has 0 saturated carbocycles. The van der Waals surface area contributed by atoms with Crippen molar-refractivity contribution >= 4 is 11.9 Å². The van der Waals surface area contributed by atoms with Gasteiger partial charge in [-0.25, -0.2) is 4.99 Å². The minimum Gasteiger partial charge on any atom is -0.383 e. The highest BCUT2D eigenvalue weighted by atomic mass is 16.5. The van der Waals surface area contributed by atoms with Gasteiger partial charge in [0.15, 0.2) is 5.96 Å². The Labute approximate surface area is 162 Å². The molecule has 1 aromatic rings. The number of amides is 1. The molecule has 1 aliphatic heterocycles. The summed E-state index contributed by atoms with van der Waals surface area (Å²) in [6, 6.07) is 4.00. The first-order valence-electron chi connectivity index (χ1n) is 9.55. The molecule has 8 nitrogen and oxygen atoms in total. The van der Waals surface area contributed by atoms with Crippen LogP contribution >= 0.6 is 0 Å². The van der Waals surface area contributed by atoms with Gasteiger partial charge in [-0.3, -0.25) is 14.7 Å². The Hall–Kier alpha value is -2.19. The van der Waals surface area contributed by atoms with Crippen molar-refractivity contribution in [3.05, 3.63) is 29.6 Å². The smallest absolute Gasteiger partial charge is 0.234 e. The highest BCUT2D eigenvalue weighted by Crippen LogP contribution is 2.07. The Morgan fingerprint density at radius 3 is 2.74 bits per heavy atom. The fraction of sp³-hybridized carbons (Fsp3) is 0.632. The molecule has 1 amide bonds. The van der Waals surface area contributed by atoms with Crippen molar-refractivity contribution in [3.63, 3.8) is 0 Å². The third-order valence-electron chi connectivity index (χ3n) is 4.50. The lowest BCUT2D eigenvalue weighted by atomic mass is 10.2. The molecule has 0 bridgehead atoms. The predicted octanol–water partition coefficient (Wildman–Crippen LogP) is 0.236. The highest BCUT2D eigenvalue weighted by Gasteiger charge is 2.21. The summed E-state index contributed by atoms with van der Waals surface area (Å²) in [6.45, 7) is 10.4. The van der Waals surface area contributed by atoms with E-state index in [-0.39, 0.29) is 5.91 Å². The maximum atomic E-state index is 11.9. The molecule has 2 rings (SSSR count). The van der Waals surface area contributed by atoms with Crippen molar-refractivity contribution < 1.29 is 9.53 Å². The topological polar surface area (TPSA) is 82.1 Å². The van der Waals surface area contributed by atoms with Crippen LogP contribution in [-0.2, 0) is 16.1 Å². The molecule has 2 N–H and O–H groups in total. The van der Waals surface area contributed by atoms with E-state index in [1.807, 2.05) is 6.07 Å². The quantitative estimate of drug-likeness (QED) is 0.384. The highest BCUT2D eigenvalue weighted by molar-refractivity contribution is 5.80. The van der Waals surface area contributed by atoms with E-state index in [2.05, 4.69) is 45.3 Å². The van der Waals surface area contributed by atoms with Gasteiger partial charge in [0.25, 0.3) is 0 Å². The van der Waals surface area contributed by atoms with Crippen LogP contribution in [0, 0.1) is 6.92 Å². The molecule has 0 aliphatic carbocycles. The van der Waals surface area contributed by atoms with Crippen LogP contribution in [-0.4, -0.2) is 86.2 Å². The molecular weight excluding hydrogens is 344 g/mol. The fourth-order valence-corrected chi connectivity index (χ4v) is 2.93. The molecule has 27 heavy (non-hydrogen) atoms. The van der Waals surface area contributed by atoms with Crippen molar-refractivity contribution in [1.29, 1.82) is 0 Å². The number of pyridine rings is 1. The summed E-state index contributed by atoms with van der Waals surface area (Å²) in [5, 5.41) is 6.24. The number of ether oxygens (including phenoxy) is 1. The Kier molecular flexibility index (Phi) is 9.00. The second-order valence-corrected chi connectivity index (χ2v) is 6.54. The van der Waals surface area contributed by atoms with Gasteiger partial charge in [-0.2, -0.15) is 0 Å². The van der Waals surface area contributed by atoms with E-state index >= 15 is 0 Å². The lowest BCUT2D eigenvalue weighted by Gasteiger charge is -2.36. The van der Waals surface area contributed by atoms with Crippen LogP contribution in [0.15, 0.2) is 23.3 Å². The molecule has 1 saturated heterocycles. The first-order chi connectivity index (χ1) is 13.1. The lowest BCUT2D eigenvalue weighted by molar-refractivity contribution is -0.122. The van der Waals surface area contributed by atoms with E-state index in [0.717, 1.165) is 49.9 Å². The Balaban J connectivity index is 1.84. The number of carbonyl (C=O) groups is 1. The Bertz CT molecular complexity index is 614. The van der Waals surface area contributed by atoms with Gasteiger partial charge in [0, 0.05) is 52.6 Å². The van der Waals surface area contributed by atoms with Crippen molar-refractivity contribution in [1.82, 2.24) is 25.4 Å². The fourth-order valence-electron chi connectivity index (χ4n) is 2.93. The van der Waals surface area contributed by atoms with Crippen LogP contribution in [0.3, 0.4) is 0 Å². The molecule has 0 radical (unpaired) electrons. The number of aromatic nitrogens is 1. The monoisotopic (exact) mass is 376 g/mol. The van der Waals surface area contributed by atoms with Gasteiger partial charge < -0.3 is 20.3 Å². The second kappa shape index (κ2) is 11.5. The number of nitrogens with zero attached hydrogens (tertiary/aromatic N) is 4. The van der Waals surface area contributed by atoms with E-state index < -0.39 is 0 Å². The maximum Gasteiger partial charge on any atom is 0.234 e. The number of hydrogen-bond acceptors (Lipinski definition) is 5. The normalized spacial score (nSPS) is 15.7. The SMILES string of the molecule is CCNC(=NCc1ncccc1C)N1CCN(CC(=O)NCCOC)CC1. The molecule has 8 heteroatoms. The summed E-state index contributed by atoms with van der Waals surface area (Å²) in [5.74, 6) is 0.957. The number of nitrogens with one attached hydrogen (secondary N) is 2. The average Bonchev–Trinajstić information content (AvgIpc) is 2.67. The first kappa shape index (κ1) is 21.1. The Morgan fingerprint density at radius 1 is 1.30 bits per heavy atom. The van der Waals surface area contributed by atoms with E-state index in [4.69, 9.17) is 9.73 Å². The average molecular weight is 377 g/mol. The molecule has 0 atom stereocenters. The number of piperazine rings is 1. The molecule has 2 heterocycles. The zero-order valence-corrected chi connectivity index (χ0v) is 16.7. The van der Waals surface area contributed by atoms with Gasteiger partial charge in [0.05, 0.1) is 25.4 Å². The zero-order chi connectivity index (χ0) is 19.5. The maximum absolute atomic E-state index is 11.9. The number of methoxy groups -OCH3 is 1. The number of hydrogen-bond donors (Lipinski definition) is 2. The summed E-state index contributed by atoms with van der Waals surface area (Å²) in [5.41, 5.74) is 2.15. The molecule has 150 valence electrons. The van der Waals surface area contributed by atoms with Crippen molar-refractivity contribution in [2.45, 2.75) is 20.4 Å². The predicted molar refractivity (Wildman–Crippen MR) is 107 cm³/mol. The van der Waals surface area contributed by atoms with E-state index in [1.54, 1.807) is 13.3 Å². The third-order valence-corrected chi connectivity index (χ3v) is 4.50. The van der Waals surface area contributed by atoms with Gasteiger partial charge in [0.2, 0.25) is 5.91 Å². The number of carbonyl (C=O) groups excluding carboxylic acids is 1. The van der Waals surface area contributed by atoms with Crippen LogP contribution in [0.25, 0.3) is 0 Å². The minimum absolute atomic E-state index is 0.0479. The number of guanidine groups is 1. The van der Waals surface area contributed by atoms with Gasteiger partial charge in [0.1, 0.15) is 0 Å². The third kappa shape index (κ3) is 7.15. The van der Waals surface area contributed by atoms with Crippen molar-refractivity contribution in [3.8, 4) is 0 Å². The van der Waals surface area contributed by atoms with E-state index in [0.29, 0.717) is 26.2 Å². The summed E-state index contributed by atoms with van der Waals surface area (Å²) in [6.07, 6.45) is 1.81. The number of aliphatic imine (C=N–C) groups is 1. The zero-order valence-electron chi connectivity index (χ0n) is 16.7. The Morgan fingerprint density at radius 2 is 2.07 bits per heavy atom. The summed E-state index contributed by atoms with van der Waals surface area (Å²) in [4.78, 5) is 25.5. The van der Waals surface area contributed by atoms with Crippen LogP contribution in [0.4, 0.5) is 0 Å². The molecule has 1 aromatic heterocycles. The number of aryl methyl sites for hydroxylation is 1. The molecule has 0 unspecified atom stereocenters. The molecule has 1 aliphatic rings. The van der Waals surface area contributed by atoms with Gasteiger partial charge in [-0.05, 0) is 25.5 Å². The van der Waals surface area contributed by atoms with E-state index in [9.17, 15) is 4.79 Å². The van der Waals surface area contributed by atoms with Crippen LogP contribution in [0.5, 0.6) is 0 Å². The van der Waals surface area contributed by atoms with Crippen LogP contribution < -0.4 is 10.6 Å². The largest absolute Gasteiger partial charge is 0.383 e. The molecule has 0 aromatic carbocycles. The second-order valence-electron chi connectivity index (χ2n) is 6.54. The van der Waals surface area contributed by atoms with Crippen molar-refractivity contribution in [2.24, 2.45) is 4.99 Å². The van der Waals surface area contributed by atoms with Gasteiger partial charge >= 0.3 is 0 Å². The first-order valence-corrected chi connectivity index (χ1v) is 9.55. The molecule has 0 spiro atoms. The molecular formula is C19H32N6O2. The molecule has 1 fully saturated rings. The van der Waals surface area contributed by atoms with Crippen molar-refractivity contribution in [2.75, 3.05) is 59.5 Å². The van der Waals surface area contributed by atoms with Gasteiger partial charge in [-0.15, -0.1) is 0 Å². The van der Waals surface area contributed by atoms with Crippen LogP contribution in [0.1, 0.15) is 18.2 Å². The van der Waals surface area contributed by atoms with E-state index in [1.165, 1.54) is 0 Å². The summed E-state index contributed by atoms with van der Waals surface area (Å²) >= 11 is 0.